The fourth-order valence-corrected chi connectivity index (χ4v) is 2.13. The Hall–Kier alpha value is -2.80. The molecule has 0 aliphatic rings. The molecule has 0 unspecified atom stereocenters. The number of imidazole rings is 1. The molecule has 0 amide bonds. The van der Waals surface area contributed by atoms with Crippen LogP contribution in [0.1, 0.15) is 13.8 Å². The minimum atomic E-state index is 0.539. The molecule has 4 N–H and O–H groups in total. The highest BCUT2D eigenvalue weighted by Crippen LogP contribution is 2.20. The number of hydrogen-bond donors (Lipinski definition) is 3. The highest BCUT2D eigenvalue weighted by Gasteiger charge is 2.07. The zero-order valence-electron chi connectivity index (χ0n) is 14.3. The molecule has 24 heavy (non-hydrogen) atoms. The molecule has 2 aromatic rings. The fraction of sp³-hybridized carbons (Fsp3) is 0.294. The molecule has 2 rings (SSSR count). The van der Waals surface area contributed by atoms with E-state index < -0.39 is 0 Å². The van der Waals surface area contributed by atoms with E-state index in [1.165, 1.54) is 0 Å². The SMILES string of the molecule is C=C(C)/C(=C\C=C(/C)Nc1cc(NCCN)nn2ccnc12)OC. The molecule has 0 fully saturated rings. The first-order chi connectivity index (χ1) is 11.5. The zero-order valence-corrected chi connectivity index (χ0v) is 14.3. The Morgan fingerprint density at radius 1 is 1.42 bits per heavy atom. The number of nitrogens with two attached hydrogens (primary N) is 1. The molecule has 0 saturated carbocycles. The van der Waals surface area contributed by atoms with E-state index in [1.54, 1.807) is 24.0 Å². The molecule has 0 aliphatic carbocycles. The minimum Gasteiger partial charge on any atom is -0.497 e. The second-order valence-electron chi connectivity index (χ2n) is 5.34. The zero-order chi connectivity index (χ0) is 17.5. The third-order valence-corrected chi connectivity index (χ3v) is 3.27. The number of ether oxygens (including phenoxy) is 1. The number of hydrogen-bond acceptors (Lipinski definition) is 6. The highest BCUT2D eigenvalue weighted by atomic mass is 16.5. The van der Waals surface area contributed by atoms with Gasteiger partial charge in [0.05, 0.1) is 12.8 Å². The van der Waals surface area contributed by atoms with Crippen molar-refractivity contribution in [1.29, 1.82) is 0 Å². The van der Waals surface area contributed by atoms with Crippen molar-refractivity contribution < 1.29 is 4.74 Å². The molecule has 0 spiro atoms. The van der Waals surface area contributed by atoms with E-state index in [0.717, 1.165) is 34.2 Å². The minimum absolute atomic E-state index is 0.539. The summed E-state index contributed by atoms with van der Waals surface area (Å²) >= 11 is 0. The van der Waals surface area contributed by atoms with Crippen molar-refractivity contribution in [2.75, 3.05) is 30.8 Å². The Morgan fingerprint density at radius 3 is 2.88 bits per heavy atom. The Kier molecular flexibility index (Phi) is 5.97. The van der Waals surface area contributed by atoms with Crippen LogP contribution in [0.25, 0.3) is 5.65 Å². The third-order valence-electron chi connectivity index (χ3n) is 3.27. The van der Waals surface area contributed by atoms with Gasteiger partial charge in [-0.25, -0.2) is 9.50 Å². The van der Waals surface area contributed by atoms with Crippen LogP contribution in [0.2, 0.25) is 0 Å². The van der Waals surface area contributed by atoms with Crippen LogP contribution in [0.15, 0.2) is 54.2 Å². The first-order valence-electron chi connectivity index (χ1n) is 7.69. The Labute approximate surface area is 141 Å². The van der Waals surface area contributed by atoms with E-state index in [9.17, 15) is 0 Å². The van der Waals surface area contributed by atoms with Gasteiger partial charge in [0.15, 0.2) is 5.65 Å². The van der Waals surface area contributed by atoms with E-state index >= 15 is 0 Å². The lowest BCUT2D eigenvalue weighted by atomic mass is 10.2. The quantitative estimate of drug-likeness (QED) is 0.510. The standard InChI is InChI=1S/C17H24N6O/c1-12(2)15(24-4)6-5-13(3)21-14-11-16(19-8-7-18)22-23-10-9-20-17(14)23/h5-6,9-11,21H,1,7-8,18H2,2-4H3,(H,19,22)/b13-5+,15-6+. The van der Waals surface area contributed by atoms with Gasteiger partial charge >= 0.3 is 0 Å². The summed E-state index contributed by atoms with van der Waals surface area (Å²) in [6.07, 6.45) is 7.32. The molecule has 0 aliphatic heterocycles. The van der Waals surface area contributed by atoms with Crippen LogP contribution in [0.5, 0.6) is 0 Å². The van der Waals surface area contributed by atoms with Gasteiger partial charge in [-0.05, 0) is 31.6 Å². The number of nitrogens with zero attached hydrogens (tertiary/aromatic N) is 3. The lowest BCUT2D eigenvalue weighted by Crippen LogP contribution is -2.15. The van der Waals surface area contributed by atoms with Crippen molar-refractivity contribution in [3.63, 3.8) is 0 Å². The second-order valence-corrected chi connectivity index (χ2v) is 5.34. The number of allylic oxidation sites excluding steroid dienone is 4. The Balaban J connectivity index is 2.27. The van der Waals surface area contributed by atoms with E-state index in [2.05, 4.69) is 27.3 Å². The summed E-state index contributed by atoms with van der Waals surface area (Å²) in [5.41, 5.74) is 8.94. The normalized spacial score (nSPS) is 12.3. The molecular formula is C17H24N6O. The van der Waals surface area contributed by atoms with Gasteiger partial charge in [-0.1, -0.05) is 6.58 Å². The number of rotatable bonds is 8. The van der Waals surface area contributed by atoms with Gasteiger partial charge in [-0.3, -0.25) is 0 Å². The van der Waals surface area contributed by atoms with Crippen LogP contribution in [0.3, 0.4) is 0 Å². The molecule has 7 heteroatoms. The molecule has 0 saturated heterocycles. The first kappa shape index (κ1) is 17.6. The van der Waals surface area contributed by atoms with Gasteiger partial charge in [0.1, 0.15) is 11.6 Å². The van der Waals surface area contributed by atoms with Gasteiger partial charge in [-0.15, -0.1) is 5.10 Å². The fourth-order valence-electron chi connectivity index (χ4n) is 2.13. The smallest absolute Gasteiger partial charge is 0.177 e. The average Bonchev–Trinajstić information content (AvgIpc) is 3.02. The van der Waals surface area contributed by atoms with Crippen LogP contribution in [0.4, 0.5) is 11.5 Å². The predicted molar refractivity (Wildman–Crippen MR) is 97.8 cm³/mol. The molecule has 7 nitrogen and oxygen atoms in total. The maximum Gasteiger partial charge on any atom is 0.177 e. The monoisotopic (exact) mass is 328 g/mol. The van der Waals surface area contributed by atoms with Gasteiger partial charge in [0.2, 0.25) is 0 Å². The topological polar surface area (TPSA) is 89.5 Å². The highest BCUT2D eigenvalue weighted by molar-refractivity contribution is 5.72. The van der Waals surface area contributed by atoms with E-state index in [0.29, 0.717) is 13.1 Å². The van der Waals surface area contributed by atoms with E-state index in [-0.39, 0.29) is 0 Å². The van der Waals surface area contributed by atoms with Crippen molar-refractivity contribution >= 4 is 17.2 Å². The van der Waals surface area contributed by atoms with Crippen molar-refractivity contribution in [1.82, 2.24) is 14.6 Å². The molecular weight excluding hydrogens is 304 g/mol. The molecule has 128 valence electrons. The van der Waals surface area contributed by atoms with E-state index in [4.69, 9.17) is 10.5 Å². The Morgan fingerprint density at radius 2 is 2.21 bits per heavy atom. The van der Waals surface area contributed by atoms with Crippen molar-refractivity contribution in [3.05, 3.63) is 54.2 Å². The second kappa shape index (κ2) is 8.16. The number of aromatic nitrogens is 3. The summed E-state index contributed by atoms with van der Waals surface area (Å²) < 4.78 is 7.00. The van der Waals surface area contributed by atoms with Gasteiger partial charge in [0, 0.05) is 37.2 Å². The summed E-state index contributed by atoms with van der Waals surface area (Å²) in [7, 11) is 1.63. The summed E-state index contributed by atoms with van der Waals surface area (Å²) in [5.74, 6) is 1.47. The van der Waals surface area contributed by atoms with Gasteiger partial charge in [-0.2, -0.15) is 0 Å². The van der Waals surface area contributed by atoms with E-state index in [1.807, 2.05) is 32.1 Å². The van der Waals surface area contributed by atoms with Gasteiger partial charge < -0.3 is 21.1 Å². The molecule has 0 bridgehead atoms. The maximum atomic E-state index is 5.53. The first-order valence-corrected chi connectivity index (χ1v) is 7.69. The summed E-state index contributed by atoms with van der Waals surface area (Å²) in [6, 6.07) is 1.91. The lowest BCUT2D eigenvalue weighted by Gasteiger charge is -2.11. The number of nitrogens with one attached hydrogen (secondary N) is 2. The molecule has 0 radical (unpaired) electrons. The lowest BCUT2D eigenvalue weighted by molar-refractivity contribution is 0.301. The molecule has 2 aromatic heterocycles. The predicted octanol–water partition coefficient (Wildman–Crippen LogP) is 2.52. The van der Waals surface area contributed by atoms with Gasteiger partial charge in [0.25, 0.3) is 0 Å². The van der Waals surface area contributed by atoms with Crippen molar-refractivity contribution in [2.45, 2.75) is 13.8 Å². The molecule has 2 heterocycles. The van der Waals surface area contributed by atoms with Crippen LogP contribution in [-0.2, 0) is 4.74 Å². The molecule has 0 atom stereocenters. The van der Waals surface area contributed by atoms with Crippen molar-refractivity contribution in [3.8, 4) is 0 Å². The molecule has 0 aromatic carbocycles. The number of fused-ring (bicyclic) bond motifs is 1. The van der Waals surface area contributed by atoms with Crippen molar-refractivity contribution in [2.24, 2.45) is 5.73 Å². The number of methoxy groups -OCH3 is 1. The third kappa shape index (κ3) is 4.36. The summed E-state index contributed by atoms with van der Waals surface area (Å²) in [6.45, 7) is 8.94. The largest absolute Gasteiger partial charge is 0.497 e. The number of anilines is 2. The Bertz CT molecular complexity index is 774. The van der Waals surface area contributed by atoms with Crippen LogP contribution in [-0.4, -0.2) is 34.8 Å². The van der Waals surface area contributed by atoms with Crippen LogP contribution >= 0.6 is 0 Å². The summed E-state index contributed by atoms with van der Waals surface area (Å²) in [4.78, 5) is 4.34. The maximum absolute atomic E-state index is 5.53. The van der Waals surface area contributed by atoms with Crippen LogP contribution in [0, 0.1) is 0 Å². The van der Waals surface area contributed by atoms with Crippen LogP contribution < -0.4 is 16.4 Å². The average molecular weight is 328 g/mol. The summed E-state index contributed by atoms with van der Waals surface area (Å²) in [5, 5.41) is 11.0.